The van der Waals surface area contributed by atoms with Crippen LogP contribution < -0.4 is 15.7 Å². The van der Waals surface area contributed by atoms with Gasteiger partial charge in [-0.25, -0.2) is 4.79 Å². The number of hydrogen-bond acceptors (Lipinski definition) is 5. The number of amides is 1. The molecule has 150 valence electrons. The molecular formula is C23H24N2O4. The van der Waals surface area contributed by atoms with Gasteiger partial charge < -0.3 is 14.5 Å². The average Bonchev–Trinajstić information content (AvgIpc) is 2.75. The van der Waals surface area contributed by atoms with Gasteiger partial charge in [0, 0.05) is 43.2 Å². The largest absolute Gasteiger partial charge is 0.484 e. The van der Waals surface area contributed by atoms with Gasteiger partial charge in [-0.2, -0.15) is 0 Å². The Morgan fingerprint density at radius 3 is 2.83 bits per heavy atom. The number of carbonyl (C=O) groups excluding carboxylic acids is 1. The van der Waals surface area contributed by atoms with Gasteiger partial charge in [-0.15, -0.1) is 0 Å². The van der Waals surface area contributed by atoms with Crippen molar-refractivity contribution in [1.29, 1.82) is 0 Å². The summed E-state index contributed by atoms with van der Waals surface area (Å²) in [5.74, 6) is 0.312. The molecule has 2 aromatic carbocycles. The molecular weight excluding hydrogens is 368 g/mol. The molecule has 1 aromatic heterocycles. The Morgan fingerprint density at radius 2 is 1.97 bits per heavy atom. The molecule has 4 rings (SSSR count). The van der Waals surface area contributed by atoms with Crippen molar-refractivity contribution >= 4 is 16.9 Å². The van der Waals surface area contributed by atoms with Gasteiger partial charge in [0.05, 0.1) is 0 Å². The summed E-state index contributed by atoms with van der Waals surface area (Å²) in [5, 5.41) is 3.75. The molecule has 1 aliphatic heterocycles. The van der Waals surface area contributed by atoms with Crippen molar-refractivity contribution < 1.29 is 13.9 Å². The van der Waals surface area contributed by atoms with E-state index in [0.29, 0.717) is 17.9 Å². The molecule has 0 spiro atoms. The summed E-state index contributed by atoms with van der Waals surface area (Å²) >= 11 is 0. The van der Waals surface area contributed by atoms with Crippen molar-refractivity contribution in [3.63, 3.8) is 0 Å². The van der Waals surface area contributed by atoms with E-state index in [9.17, 15) is 9.59 Å². The normalized spacial score (nSPS) is 14.9. The molecule has 1 aliphatic rings. The number of hydrogen-bond donors (Lipinski definition) is 1. The first-order chi connectivity index (χ1) is 14.1. The Kier molecular flexibility index (Phi) is 5.62. The van der Waals surface area contributed by atoms with Crippen molar-refractivity contribution in [3.05, 3.63) is 76.1 Å². The van der Waals surface area contributed by atoms with E-state index in [0.717, 1.165) is 24.9 Å². The minimum atomic E-state index is -0.415. The second kappa shape index (κ2) is 8.49. The second-order valence-electron chi connectivity index (χ2n) is 7.39. The maximum Gasteiger partial charge on any atom is 0.336 e. The molecule has 0 radical (unpaired) electrons. The number of rotatable bonds is 6. The van der Waals surface area contributed by atoms with Crippen LogP contribution in [0.5, 0.6) is 5.75 Å². The fraction of sp³-hybridized carbons (Fsp3) is 0.304. The van der Waals surface area contributed by atoms with Crippen molar-refractivity contribution in [2.75, 3.05) is 19.7 Å². The highest BCUT2D eigenvalue weighted by molar-refractivity contribution is 5.79. The van der Waals surface area contributed by atoms with Gasteiger partial charge in [0.2, 0.25) is 0 Å². The first kappa shape index (κ1) is 19.2. The summed E-state index contributed by atoms with van der Waals surface area (Å²) in [5.41, 5.74) is 2.80. The molecule has 1 unspecified atom stereocenters. The molecule has 2 heterocycles. The summed E-state index contributed by atoms with van der Waals surface area (Å²) in [6, 6.07) is 17.0. The number of nitrogens with one attached hydrogen (secondary N) is 1. The van der Waals surface area contributed by atoms with Crippen LogP contribution in [0.1, 0.15) is 18.1 Å². The Morgan fingerprint density at radius 1 is 1.17 bits per heavy atom. The molecule has 0 bridgehead atoms. The SMILES string of the molecule is CC(CNC(=O)COc1ccc2ccc(=O)oc2c1)N1CCc2ccccc2C1. The zero-order valence-corrected chi connectivity index (χ0v) is 16.4. The van der Waals surface area contributed by atoms with E-state index in [4.69, 9.17) is 9.15 Å². The van der Waals surface area contributed by atoms with Crippen LogP contribution >= 0.6 is 0 Å². The van der Waals surface area contributed by atoms with Crippen LogP contribution in [-0.2, 0) is 17.8 Å². The minimum absolute atomic E-state index is 0.0852. The van der Waals surface area contributed by atoms with Gasteiger partial charge in [-0.05, 0) is 42.7 Å². The van der Waals surface area contributed by atoms with Crippen molar-refractivity contribution in [2.45, 2.75) is 25.9 Å². The number of carbonyl (C=O) groups is 1. The third-order valence-electron chi connectivity index (χ3n) is 5.34. The van der Waals surface area contributed by atoms with Crippen LogP contribution in [0.3, 0.4) is 0 Å². The predicted molar refractivity (Wildman–Crippen MR) is 111 cm³/mol. The topological polar surface area (TPSA) is 71.8 Å². The molecule has 6 heteroatoms. The second-order valence-corrected chi connectivity index (χ2v) is 7.39. The predicted octanol–water partition coefficient (Wildman–Crippen LogP) is 2.73. The number of benzene rings is 2. The number of nitrogens with zero attached hydrogens (tertiary/aromatic N) is 1. The third kappa shape index (κ3) is 4.66. The van der Waals surface area contributed by atoms with E-state index in [1.54, 1.807) is 24.3 Å². The molecule has 1 atom stereocenters. The van der Waals surface area contributed by atoms with Crippen LogP contribution in [-0.4, -0.2) is 36.5 Å². The van der Waals surface area contributed by atoms with Crippen LogP contribution in [0.15, 0.2) is 63.8 Å². The average molecular weight is 392 g/mol. The molecule has 0 fully saturated rings. The molecule has 1 N–H and O–H groups in total. The summed E-state index contributed by atoms with van der Waals surface area (Å²) in [6.07, 6.45) is 1.04. The Bertz CT molecular complexity index is 1080. The van der Waals surface area contributed by atoms with Crippen LogP contribution in [0.4, 0.5) is 0 Å². The van der Waals surface area contributed by atoms with Gasteiger partial charge in [-0.1, -0.05) is 24.3 Å². The van der Waals surface area contributed by atoms with E-state index >= 15 is 0 Å². The number of ether oxygens (including phenoxy) is 1. The molecule has 0 aliphatic carbocycles. The lowest BCUT2D eigenvalue weighted by Crippen LogP contribution is -2.45. The summed E-state index contributed by atoms with van der Waals surface area (Å²) in [7, 11) is 0. The Hall–Kier alpha value is -3.12. The Balaban J connectivity index is 1.26. The zero-order chi connectivity index (χ0) is 20.2. The van der Waals surface area contributed by atoms with Gasteiger partial charge in [0.1, 0.15) is 11.3 Å². The van der Waals surface area contributed by atoms with Crippen LogP contribution in [0.2, 0.25) is 0 Å². The Labute approximate surface area is 169 Å². The first-order valence-electron chi connectivity index (χ1n) is 9.83. The summed E-state index contributed by atoms with van der Waals surface area (Å²) in [6.45, 7) is 4.51. The fourth-order valence-corrected chi connectivity index (χ4v) is 3.62. The zero-order valence-electron chi connectivity index (χ0n) is 16.4. The fourth-order valence-electron chi connectivity index (χ4n) is 3.62. The lowest BCUT2D eigenvalue weighted by atomic mass is 9.99. The third-order valence-corrected chi connectivity index (χ3v) is 5.34. The highest BCUT2D eigenvalue weighted by Crippen LogP contribution is 2.20. The van der Waals surface area contributed by atoms with E-state index in [2.05, 4.69) is 41.4 Å². The van der Waals surface area contributed by atoms with Gasteiger partial charge in [-0.3, -0.25) is 9.69 Å². The molecule has 0 saturated carbocycles. The highest BCUT2D eigenvalue weighted by atomic mass is 16.5. The molecule has 6 nitrogen and oxygen atoms in total. The maximum atomic E-state index is 12.2. The van der Waals surface area contributed by atoms with Crippen molar-refractivity contribution in [1.82, 2.24) is 10.2 Å². The standard InChI is InChI=1S/C23H24N2O4/c1-16(25-11-10-17-4-2-3-5-19(17)14-25)13-24-22(26)15-28-20-8-6-18-7-9-23(27)29-21(18)12-20/h2-9,12,16H,10-11,13-15H2,1H3,(H,24,26). The monoisotopic (exact) mass is 392 g/mol. The number of fused-ring (bicyclic) bond motifs is 2. The quantitative estimate of drug-likeness (QED) is 0.653. The summed E-state index contributed by atoms with van der Waals surface area (Å²) < 4.78 is 10.7. The van der Waals surface area contributed by atoms with E-state index < -0.39 is 5.63 Å². The molecule has 1 amide bonds. The smallest absolute Gasteiger partial charge is 0.336 e. The first-order valence-corrected chi connectivity index (χ1v) is 9.83. The summed E-state index contributed by atoms with van der Waals surface area (Å²) in [4.78, 5) is 25.9. The highest BCUT2D eigenvalue weighted by Gasteiger charge is 2.20. The maximum absolute atomic E-state index is 12.2. The lowest BCUT2D eigenvalue weighted by Gasteiger charge is -2.33. The van der Waals surface area contributed by atoms with Crippen molar-refractivity contribution in [3.8, 4) is 5.75 Å². The van der Waals surface area contributed by atoms with E-state index in [1.807, 2.05) is 0 Å². The van der Waals surface area contributed by atoms with Gasteiger partial charge >= 0.3 is 5.63 Å². The van der Waals surface area contributed by atoms with Gasteiger partial charge in [0.15, 0.2) is 6.61 Å². The van der Waals surface area contributed by atoms with Crippen LogP contribution in [0, 0.1) is 0 Å². The lowest BCUT2D eigenvalue weighted by molar-refractivity contribution is -0.123. The van der Waals surface area contributed by atoms with Crippen molar-refractivity contribution in [2.24, 2.45) is 0 Å². The van der Waals surface area contributed by atoms with E-state index in [1.165, 1.54) is 17.2 Å². The van der Waals surface area contributed by atoms with Gasteiger partial charge in [0.25, 0.3) is 5.91 Å². The van der Waals surface area contributed by atoms with E-state index in [-0.39, 0.29) is 18.6 Å². The molecule has 0 saturated heterocycles. The minimum Gasteiger partial charge on any atom is -0.484 e. The van der Waals surface area contributed by atoms with Crippen LogP contribution in [0.25, 0.3) is 11.0 Å². The molecule has 29 heavy (non-hydrogen) atoms. The molecule has 3 aromatic rings.